The molecular formula is C24H32N4O4. The van der Waals surface area contributed by atoms with Crippen molar-refractivity contribution < 1.29 is 19.0 Å². The molecule has 1 unspecified atom stereocenters. The Morgan fingerprint density at radius 3 is 2.56 bits per heavy atom. The van der Waals surface area contributed by atoms with Crippen molar-refractivity contribution in [2.75, 3.05) is 20.3 Å². The van der Waals surface area contributed by atoms with Crippen LogP contribution < -0.4 is 19.5 Å². The first-order chi connectivity index (χ1) is 15.2. The number of nitrogens with one attached hydrogen (secondary N) is 1. The molecule has 32 heavy (non-hydrogen) atoms. The fraction of sp³-hybridized carbons (Fsp3) is 0.458. The molecule has 0 aliphatic carbocycles. The summed E-state index contributed by atoms with van der Waals surface area (Å²) in [5, 5.41) is 8.16. The summed E-state index contributed by atoms with van der Waals surface area (Å²) in [4.78, 5) is 17.1. The Balaban J connectivity index is 1.65. The fourth-order valence-electron chi connectivity index (χ4n) is 3.48. The van der Waals surface area contributed by atoms with Crippen molar-refractivity contribution in [3.63, 3.8) is 0 Å². The van der Waals surface area contributed by atoms with E-state index in [1.54, 1.807) is 11.8 Å². The molecule has 1 aromatic carbocycles. The van der Waals surface area contributed by atoms with Crippen LogP contribution in [0.1, 0.15) is 43.6 Å². The summed E-state index contributed by atoms with van der Waals surface area (Å²) in [7, 11) is 3.42. The number of rotatable bonds is 9. The number of fused-ring (bicyclic) bond motifs is 1. The van der Waals surface area contributed by atoms with Gasteiger partial charge in [0.15, 0.2) is 23.8 Å². The third kappa shape index (κ3) is 5.30. The summed E-state index contributed by atoms with van der Waals surface area (Å²) in [5.74, 6) is 1.90. The largest absolute Gasteiger partial charge is 0.493 e. The number of benzene rings is 1. The van der Waals surface area contributed by atoms with Crippen LogP contribution in [-0.4, -0.2) is 41.0 Å². The van der Waals surface area contributed by atoms with Crippen LogP contribution in [0.4, 0.5) is 0 Å². The fourth-order valence-corrected chi connectivity index (χ4v) is 3.48. The van der Waals surface area contributed by atoms with E-state index in [1.807, 2.05) is 52.1 Å². The highest BCUT2D eigenvalue weighted by Crippen LogP contribution is 2.31. The Labute approximate surface area is 188 Å². The van der Waals surface area contributed by atoms with Crippen molar-refractivity contribution in [2.45, 2.75) is 40.7 Å². The third-order valence-electron chi connectivity index (χ3n) is 5.06. The molecule has 1 atom stereocenters. The minimum absolute atomic E-state index is 0.142. The maximum atomic E-state index is 12.5. The summed E-state index contributed by atoms with van der Waals surface area (Å²) in [6.07, 6.45) is 0. The van der Waals surface area contributed by atoms with Gasteiger partial charge in [-0.05, 0) is 56.0 Å². The maximum Gasteiger partial charge on any atom is 0.258 e. The highest BCUT2D eigenvalue weighted by molar-refractivity contribution is 5.85. The van der Waals surface area contributed by atoms with Crippen molar-refractivity contribution in [3.8, 4) is 17.4 Å². The molecule has 8 heteroatoms. The number of methoxy groups -OCH3 is 1. The summed E-state index contributed by atoms with van der Waals surface area (Å²) in [5.41, 5.74) is 3.56. The number of carbonyl (C=O) groups is 1. The lowest BCUT2D eigenvalue weighted by atomic mass is 10.1. The Kier molecular flexibility index (Phi) is 7.22. The molecule has 2 aromatic heterocycles. The predicted molar refractivity (Wildman–Crippen MR) is 123 cm³/mol. The summed E-state index contributed by atoms with van der Waals surface area (Å²) >= 11 is 0. The Bertz CT molecular complexity index is 1110. The van der Waals surface area contributed by atoms with E-state index in [4.69, 9.17) is 14.2 Å². The van der Waals surface area contributed by atoms with E-state index in [1.165, 1.54) is 0 Å². The van der Waals surface area contributed by atoms with Gasteiger partial charge in [-0.1, -0.05) is 19.9 Å². The van der Waals surface area contributed by atoms with E-state index in [0.717, 1.165) is 27.9 Å². The van der Waals surface area contributed by atoms with Crippen LogP contribution in [0.15, 0.2) is 24.3 Å². The van der Waals surface area contributed by atoms with Crippen LogP contribution in [0.25, 0.3) is 11.0 Å². The van der Waals surface area contributed by atoms with Crippen LogP contribution in [0.3, 0.4) is 0 Å². The lowest BCUT2D eigenvalue weighted by Crippen LogP contribution is -2.31. The molecule has 0 saturated heterocycles. The highest BCUT2D eigenvalue weighted by Gasteiger charge is 2.17. The smallest absolute Gasteiger partial charge is 0.258 e. The molecule has 8 nitrogen and oxygen atoms in total. The first kappa shape index (κ1) is 23.4. The average Bonchev–Trinajstić information content (AvgIpc) is 3.06. The van der Waals surface area contributed by atoms with Crippen LogP contribution in [0.2, 0.25) is 0 Å². The zero-order valence-electron chi connectivity index (χ0n) is 19.9. The Morgan fingerprint density at radius 1 is 1.12 bits per heavy atom. The number of aromatic nitrogens is 3. The lowest BCUT2D eigenvalue weighted by molar-refractivity contribution is -0.123. The molecule has 1 N–H and O–H groups in total. The standard InChI is InChI=1S/C24H32N4O4/c1-14(2)12-31-19-9-8-18(11-20(19)30-7)17(5)26-21(29)13-32-24-22-15(3)10-16(4)25-23(22)28(6)27-24/h8-11,14,17H,12-13H2,1-7H3,(H,26,29). The van der Waals surface area contributed by atoms with Crippen LogP contribution in [-0.2, 0) is 11.8 Å². The van der Waals surface area contributed by atoms with E-state index in [2.05, 4.69) is 29.2 Å². The minimum Gasteiger partial charge on any atom is -0.493 e. The molecule has 3 rings (SSSR count). The number of hydrogen-bond acceptors (Lipinski definition) is 6. The van der Waals surface area contributed by atoms with E-state index in [0.29, 0.717) is 29.9 Å². The number of ether oxygens (including phenoxy) is 3. The second-order valence-electron chi connectivity index (χ2n) is 8.40. The van der Waals surface area contributed by atoms with Crippen LogP contribution >= 0.6 is 0 Å². The average molecular weight is 441 g/mol. The third-order valence-corrected chi connectivity index (χ3v) is 5.06. The molecule has 0 radical (unpaired) electrons. The number of nitrogens with zero attached hydrogens (tertiary/aromatic N) is 3. The summed E-state index contributed by atoms with van der Waals surface area (Å²) in [6, 6.07) is 7.42. The van der Waals surface area contributed by atoms with Crippen molar-refractivity contribution >= 4 is 16.9 Å². The number of aryl methyl sites for hydroxylation is 3. The first-order valence-corrected chi connectivity index (χ1v) is 10.7. The number of amides is 1. The number of carbonyl (C=O) groups excluding carboxylic acids is 1. The molecule has 172 valence electrons. The van der Waals surface area contributed by atoms with Gasteiger partial charge < -0.3 is 19.5 Å². The molecule has 0 saturated carbocycles. The number of hydrogen-bond donors (Lipinski definition) is 1. The van der Waals surface area contributed by atoms with Gasteiger partial charge in [-0.2, -0.15) is 0 Å². The molecule has 0 aliphatic rings. The van der Waals surface area contributed by atoms with E-state index >= 15 is 0 Å². The predicted octanol–water partition coefficient (Wildman–Crippen LogP) is 3.88. The zero-order valence-corrected chi connectivity index (χ0v) is 19.9. The van der Waals surface area contributed by atoms with Gasteiger partial charge in [0.05, 0.1) is 25.1 Å². The normalized spacial score (nSPS) is 12.1. The maximum absolute atomic E-state index is 12.5. The quantitative estimate of drug-likeness (QED) is 0.543. The Morgan fingerprint density at radius 2 is 1.88 bits per heavy atom. The van der Waals surface area contributed by atoms with Gasteiger partial charge >= 0.3 is 0 Å². The van der Waals surface area contributed by atoms with Gasteiger partial charge in [-0.3, -0.25) is 4.79 Å². The van der Waals surface area contributed by atoms with Gasteiger partial charge in [0.1, 0.15) is 0 Å². The van der Waals surface area contributed by atoms with Gasteiger partial charge in [-0.15, -0.1) is 5.10 Å². The Hall–Kier alpha value is -3.29. The lowest BCUT2D eigenvalue weighted by Gasteiger charge is -2.18. The van der Waals surface area contributed by atoms with Crippen molar-refractivity contribution in [1.29, 1.82) is 0 Å². The van der Waals surface area contributed by atoms with Crippen LogP contribution in [0, 0.1) is 19.8 Å². The van der Waals surface area contributed by atoms with E-state index < -0.39 is 0 Å². The van der Waals surface area contributed by atoms with Crippen molar-refractivity contribution in [3.05, 3.63) is 41.1 Å². The molecular weight excluding hydrogens is 408 g/mol. The van der Waals surface area contributed by atoms with Crippen LogP contribution in [0.5, 0.6) is 17.4 Å². The zero-order chi connectivity index (χ0) is 23.4. The molecule has 1 amide bonds. The van der Waals surface area contributed by atoms with Crippen molar-refractivity contribution in [1.82, 2.24) is 20.1 Å². The SMILES string of the molecule is COc1cc(C(C)NC(=O)COc2nn(C)c3nc(C)cc(C)c23)ccc1OCC(C)C. The number of pyridine rings is 1. The molecule has 0 spiro atoms. The van der Waals surface area contributed by atoms with Gasteiger partial charge in [0.2, 0.25) is 5.88 Å². The van der Waals surface area contributed by atoms with E-state index in [9.17, 15) is 4.79 Å². The van der Waals surface area contributed by atoms with Gasteiger partial charge in [0.25, 0.3) is 5.91 Å². The minimum atomic E-state index is -0.242. The van der Waals surface area contributed by atoms with E-state index in [-0.39, 0.29) is 18.6 Å². The molecule has 0 fully saturated rings. The molecule has 2 heterocycles. The van der Waals surface area contributed by atoms with Crippen molar-refractivity contribution in [2.24, 2.45) is 13.0 Å². The monoisotopic (exact) mass is 440 g/mol. The topological polar surface area (TPSA) is 87.5 Å². The first-order valence-electron chi connectivity index (χ1n) is 10.7. The van der Waals surface area contributed by atoms with Gasteiger partial charge in [0, 0.05) is 12.7 Å². The molecule has 0 aliphatic heterocycles. The summed E-state index contributed by atoms with van der Waals surface area (Å²) < 4.78 is 18.7. The van der Waals surface area contributed by atoms with Gasteiger partial charge in [-0.25, -0.2) is 9.67 Å². The second-order valence-corrected chi connectivity index (χ2v) is 8.40. The molecule has 3 aromatic rings. The summed E-state index contributed by atoms with van der Waals surface area (Å²) in [6.45, 7) is 10.5. The second kappa shape index (κ2) is 9.89. The highest BCUT2D eigenvalue weighted by atomic mass is 16.5. The molecule has 0 bridgehead atoms.